The summed E-state index contributed by atoms with van der Waals surface area (Å²) >= 11 is 0. The summed E-state index contributed by atoms with van der Waals surface area (Å²) in [4.78, 5) is 2.67. The molecule has 82 valence electrons. The Bertz CT molecular complexity index is 183. The van der Waals surface area contributed by atoms with Gasteiger partial charge in [0.05, 0.1) is 0 Å². The third kappa shape index (κ3) is 2.48. The molecule has 2 heteroatoms. The minimum atomic E-state index is 0.496. The molecule has 0 bridgehead atoms. The fourth-order valence-electron chi connectivity index (χ4n) is 2.63. The molecular formula is C12H24N2. The van der Waals surface area contributed by atoms with Gasteiger partial charge in [0.1, 0.15) is 0 Å². The van der Waals surface area contributed by atoms with E-state index in [1.54, 1.807) is 0 Å². The van der Waals surface area contributed by atoms with Crippen molar-refractivity contribution in [3.8, 4) is 0 Å². The van der Waals surface area contributed by atoms with Crippen LogP contribution in [0.25, 0.3) is 0 Å². The third-order valence-corrected chi connectivity index (χ3v) is 3.64. The lowest BCUT2D eigenvalue weighted by Gasteiger charge is -2.23. The van der Waals surface area contributed by atoms with Crippen molar-refractivity contribution < 1.29 is 0 Å². The minimum Gasteiger partial charge on any atom is -0.316 e. The van der Waals surface area contributed by atoms with E-state index in [9.17, 15) is 0 Å². The Morgan fingerprint density at radius 3 is 2.21 bits per heavy atom. The highest BCUT2D eigenvalue weighted by atomic mass is 15.2. The van der Waals surface area contributed by atoms with Crippen LogP contribution in [0.5, 0.6) is 0 Å². The van der Waals surface area contributed by atoms with Crippen LogP contribution in [0.15, 0.2) is 0 Å². The van der Waals surface area contributed by atoms with Gasteiger partial charge >= 0.3 is 0 Å². The summed E-state index contributed by atoms with van der Waals surface area (Å²) in [6.45, 7) is 13.5. The average Bonchev–Trinajstić information content (AvgIpc) is 2.56. The van der Waals surface area contributed by atoms with Gasteiger partial charge in [-0.25, -0.2) is 0 Å². The van der Waals surface area contributed by atoms with Gasteiger partial charge in [-0.15, -0.1) is 0 Å². The van der Waals surface area contributed by atoms with E-state index in [4.69, 9.17) is 0 Å². The second-order valence-electron chi connectivity index (χ2n) is 6.25. The molecular weight excluding hydrogens is 172 g/mol. The molecule has 1 N–H and O–H groups in total. The minimum absolute atomic E-state index is 0.496. The van der Waals surface area contributed by atoms with Gasteiger partial charge in [-0.1, -0.05) is 20.8 Å². The zero-order valence-corrected chi connectivity index (χ0v) is 9.84. The molecule has 0 unspecified atom stereocenters. The predicted molar refractivity (Wildman–Crippen MR) is 60.4 cm³/mol. The van der Waals surface area contributed by atoms with Crippen molar-refractivity contribution in [2.45, 2.75) is 27.2 Å². The molecule has 2 nitrogen and oxygen atoms in total. The molecule has 0 amide bonds. The van der Waals surface area contributed by atoms with Crippen LogP contribution >= 0.6 is 0 Å². The molecule has 2 aliphatic rings. The summed E-state index contributed by atoms with van der Waals surface area (Å²) in [5, 5.41) is 3.49. The van der Waals surface area contributed by atoms with Crippen molar-refractivity contribution >= 4 is 0 Å². The molecule has 0 aliphatic carbocycles. The van der Waals surface area contributed by atoms with E-state index in [2.05, 4.69) is 31.0 Å². The molecule has 0 spiro atoms. The summed E-state index contributed by atoms with van der Waals surface area (Å²) in [7, 11) is 0. The number of nitrogens with zero attached hydrogens (tertiary/aromatic N) is 1. The first-order chi connectivity index (χ1) is 6.54. The Labute approximate surface area is 88.1 Å². The monoisotopic (exact) mass is 196 g/mol. The van der Waals surface area contributed by atoms with Crippen LogP contribution in [0.2, 0.25) is 0 Å². The van der Waals surface area contributed by atoms with E-state index in [-0.39, 0.29) is 0 Å². The maximum absolute atomic E-state index is 3.49. The van der Waals surface area contributed by atoms with Crippen LogP contribution in [-0.4, -0.2) is 37.6 Å². The van der Waals surface area contributed by atoms with E-state index >= 15 is 0 Å². The molecule has 2 aliphatic heterocycles. The quantitative estimate of drug-likeness (QED) is 0.721. The summed E-state index contributed by atoms with van der Waals surface area (Å²) < 4.78 is 0. The Kier molecular flexibility index (Phi) is 2.85. The van der Waals surface area contributed by atoms with Crippen LogP contribution in [0, 0.1) is 17.3 Å². The van der Waals surface area contributed by atoms with Crippen LogP contribution in [0.3, 0.4) is 0 Å². The lowest BCUT2D eigenvalue weighted by Crippen LogP contribution is -2.28. The van der Waals surface area contributed by atoms with Gasteiger partial charge in [0.15, 0.2) is 0 Å². The van der Waals surface area contributed by atoms with Crippen molar-refractivity contribution in [1.29, 1.82) is 0 Å². The fourth-order valence-corrected chi connectivity index (χ4v) is 2.63. The fraction of sp³-hybridized carbons (Fsp3) is 1.00. The molecule has 2 fully saturated rings. The molecule has 14 heavy (non-hydrogen) atoms. The highest BCUT2D eigenvalue weighted by molar-refractivity contribution is 4.91. The number of fused-ring (bicyclic) bond motifs is 1. The van der Waals surface area contributed by atoms with E-state index in [0.29, 0.717) is 5.41 Å². The zero-order valence-electron chi connectivity index (χ0n) is 9.84. The van der Waals surface area contributed by atoms with E-state index < -0.39 is 0 Å². The highest BCUT2D eigenvalue weighted by Crippen LogP contribution is 2.28. The van der Waals surface area contributed by atoms with E-state index in [1.807, 2.05) is 0 Å². The van der Waals surface area contributed by atoms with Gasteiger partial charge in [0.25, 0.3) is 0 Å². The number of likely N-dealkylation sites (tertiary alicyclic amines) is 1. The first kappa shape index (κ1) is 10.4. The predicted octanol–water partition coefficient (Wildman–Crippen LogP) is 1.57. The second kappa shape index (κ2) is 3.82. The SMILES string of the molecule is CC(C)(C)CCN1C[C@H]2CNC[C@H]2C1. The van der Waals surface area contributed by atoms with Crippen LogP contribution < -0.4 is 5.32 Å². The van der Waals surface area contributed by atoms with Crippen molar-refractivity contribution in [3.63, 3.8) is 0 Å². The molecule has 2 rings (SSSR count). The van der Waals surface area contributed by atoms with Gasteiger partial charge in [-0.3, -0.25) is 0 Å². The molecule has 0 aromatic carbocycles. The van der Waals surface area contributed by atoms with Gasteiger partial charge in [0, 0.05) is 13.1 Å². The lowest BCUT2D eigenvalue weighted by molar-refractivity contribution is 0.252. The topological polar surface area (TPSA) is 15.3 Å². The van der Waals surface area contributed by atoms with Crippen LogP contribution in [0.1, 0.15) is 27.2 Å². The molecule has 0 radical (unpaired) electrons. The van der Waals surface area contributed by atoms with Crippen LogP contribution in [0.4, 0.5) is 0 Å². The van der Waals surface area contributed by atoms with Crippen LogP contribution in [-0.2, 0) is 0 Å². The number of rotatable bonds is 2. The molecule has 2 atom stereocenters. The molecule has 2 saturated heterocycles. The van der Waals surface area contributed by atoms with Crippen molar-refractivity contribution in [2.75, 3.05) is 32.7 Å². The summed E-state index contributed by atoms with van der Waals surface area (Å²) in [5.74, 6) is 1.91. The largest absolute Gasteiger partial charge is 0.316 e. The Morgan fingerprint density at radius 1 is 1.14 bits per heavy atom. The Balaban J connectivity index is 1.74. The van der Waals surface area contributed by atoms with Crippen molar-refractivity contribution in [3.05, 3.63) is 0 Å². The van der Waals surface area contributed by atoms with Gasteiger partial charge in [-0.05, 0) is 43.3 Å². The first-order valence-electron chi connectivity index (χ1n) is 5.98. The molecule has 2 heterocycles. The van der Waals surface area contributed by atoms with Gasteiger partial charge in [-0.2, -0.15) is 0 Å². The smallest absolute Gasteiger partial charge is 0.00255 e. The standard InChI is InChI=1S/C12H24N2/c1-12(2,3)4-5-14-8-10-6-13-7-11(10)9-14/h10-11,13H,4-9H2,1-3H3/t10-,11+. The van der Waals surface area contributed by atoms with Gasteiger partial charge < -0.3 is 10.2 Å². The van der Waals surface area contributed by atoms with E-state index in [1.165, 1.54) is 39.1 Å². The van der Waals surface area contributed by atoms with Gasteiger partial charge in [0.2, 0.25) is 0 Å². The Morgan fingerprint density at radius 2 is 1.71 bits per heavy atom. The molecule has 0 aromatic rings. The number of hydrogen-bond donors (Lipinski definition) is 1. The normalized spacial score (nSPS) is 33.6. The summed E-state index contributed by atoms with van der Waals surface area (Å²) in [6, 6.07) is 0. The van der Waals surface area contributed by atoms with E-state index in [0.717, 1.165) is 11.8 Å². The third-order valence-electron chi connectivity index (χ3n) is 3.64. The summed E-state index contributed by atoms with van der Waals surface area (Å²) in [6.07, 6.45) is 1.33. The number of nitrogens with one attached hydrogen (secondary N) is 1. The van der Waals surface area contributed by atoms with Crippen molar-refractivity contribution in [2.24, 2.45) is 17.3 Å². The first-order valence-corrected chi connectivity index (χ1v) is 5.98. The average molecular weight is 196 g/mol. The Hall–Kier alpha value is -0.0800. The maximum atomic E-state index is 3.49. The zero-order chi connectivity index (χ0) is 10.2. The second-order valence-corrected chi connectivity index (χ2v) is 6.25. The lowest BCUT2D eigenvalue weighted by atomic mass is 9.92. The highest BCUT2D eigenvalue weighted by Gasteiger charge is 2.35. The summed E-state index contributed by atoms with van der Waals surface area (Å²) in [5.41, 5.74) is 0.496. The molecule has 0 aromatic heterocycles. The number of hydrogen-bond acceptors (Lipinski definition) is 2. The maximum Gasteiger partial charge on any atom is 0.00255 e. The van der Waals surface area contributed by atoms with Crippen molar-refractivity contribution in [1.82, 2.24) is 10.2 Å². The molecule has 0 saturated carbocycles.